The van der Waals surface area contributed by atoms with Crippen LogP contribution in [0.2, 0.25) is 0 Å². The Hall–Kier alpha value is -2.68. The van der Waals surface area contributed by atoms with Crippen molar-refractivity contribution >= 4 is 17.5 Å². The second-order valence-corrected chi connectivity index (χ2v) is 6.51. The van der Waals surface area contributed by atoms with Crippen molar-refractivity contribution in [3.8, 4) is 5.75 Å². The van der Waals surface area contributed by atoms with E-state index in [4.69, 9.17) is 4.74 Å². The van der Waals surface area contributed by atoms with Crippen molar-refractivity contribution in [2.75, 3.05) is 39.3 Å². The van der Waals surface area contributed by atoms with Crippen LogP contribution >= 0.6 is 0 Å². The summed E-state index contributed by atoms with van der Waals surface area (Å²) in [6.07, 6.45) is 2.13. The summed E-state index contributed by atoms with van der Waals surface area (Å²) >= 11 is 0. The number of nitro groups is 1. The van der Waals surface area contributed by atoms with Crippen LogP contribution in [0.3, 0.4) is 0 Å². The van der Waals surface area contributed by atoms with E-state index in [-0.39, 0.29) is 29.9 Å². The maximum atomic E-state index is 12.3. The van der Waals surface area contributed by atoms with E-state index in [9.17, 15) is 19.7 Å². The van der Waals surface area contributed by atoms with Gasteiger partial charge in [-0.3, -0.25) is 24.6 Å². The zero-order valence-electron chi connectivity index (χ0n) is 14.4. The maximum absolute atomic E-state index is 12.3. The Balaban J connectivity index is 1.42. The summed E-state index contributed by atoms with van der Waals surface area (Å²) in [5.74, 6) is -0.0986. The average molecular weight is 362 g/mol. The van der Waals surface area contributed by atoms with Gasteiger partial charge in [-0.2, -0.15) is 0 Å². The summed E-state index contributed by atoms with van der Waals surface area (Å²) in [5, 5.41) is 13.9. The zero-order valence-corrected chi connectivity index (χ0v) is 14.4. The number of carbonyl (C=O) groups excluding carboxylic acids is 2. The van der Waals surface area contributed by atoms with Gasteiger partial charge in [0.15, 0.2) is 12.4 Å². The van der Waals surface area contributed by atoms with Gasteiger partial charge in [-0.05, 0) is 18.9 Å². The summed E-state index contributed by atoms with van der Waals surface area (Å²) in [7, 11) is 0. The quantitative estimate of drug-likeness (QED) is 0.556. The average Bonchev–Trinajstić information content (AvgIpc) is 3.44. The summed E-state index contributed by atoms with van der Waals surface area (Å²) in [4.78, 5) is 38.2. The van der Waals surface area contributed by atoms with Gasteiger partial charge in [-0.1, -0.05) is 12.1 Å². The van der Waals surface area contributed by atoms with Gasteiger partial charge in [0.25, 0.3) is 5.91 Å². The van der Waals surface area contributed by atoms with Crippen LogP contribution in [0.4, 0.5) is 5.69 Å². The van der Waals surface area contributed by atoms with Crippen LogP contribution in [0.15, 0.2) is 24.3 Å². The SMILES string of the molecule is O=C(CN1CCN(C(=O)COc2ccccc2[N+](=O)[O-])CC1)NC1CC1. The molecule has 1 saturated heterocycles. The minimum Gasteiger partial charge on any atom is -0.477 e. The smallest absolute Gasteiger partial charge is 0.310 e. The molecule has 0 radical (unpaired) electrons. The van der Waals surface area contributed by atoms with E-state index in [1.807, 2.05) is 4.90 Å². The van der Waals surface area contributed by atoms with Crippen LogP contribution in [-0.2, 0) is 9.59 Å². The third-order valence-electron chi connectivity index (χ3n) is 4.45. The first-order valence-electron chi connectivity index (χ1n) is 8.68. The van der Waals surface area contributed by atoms with Gasteiger partial charge in [-0.25, -0.2) is 0 Å². The topological polar surface area (TPSA) is 105 Å². The zero-order chi connectivity index (χ0) is 18.5. The highest BCUT2D eigenvalue weighted by Gasteiger charge is 2.26. The van der Waals surface area contributed by atoms with Crippen molar-refractivity contribution in [1.29, 1.82) is 0 Å². The molecular formula is C17H22N4O5. The monoisotopic (exact) mass is 362 g/mol. The summed E-state index contributed by atoms with van der Waals surface area (Å²) in [5.41, 5.74) is -0.160. The lowest BCUT2D eigenvalue weighted by Crippen LogP contribution is -2.52. The lowest BCUT2D eigenvalue weighted by atomic mass is 10.3. The van der Waals surface area contributed by atoms with Crippen LogP contribution < -0.4 is 10.1 Å². The molecule has 9 heteroatoms. The molecule has 2 aliphatic rings. The van der Waals surface area contributed by atoms with Crippen molar-refractivity contribution in [3.63, 3.8) is 0 Å². The van der Waals surface area contributed by atoms with Crippen molar-refractivity contribution in [1.82, 2.24) is 15.1 Å². The highest BCUT2D eigenvalue weighted by Crippen LogP contribution is 2.25. The molecule has 0 atom stereocenters. The number of ether oxygens (including phenoxy) is 1. The van der Waals surface area contributed by atoms with E-state index in [1.54, 1.807) is 17.0 Å². The molecule has 0 spiro atoms. The molecule has 1 N–H and O–H groups in total. The van der Waals surface area contributed by atoms with Crippen LogP contribution in [0.5, 0.6) is 5.75 Å². The van der Waals surface area contributed by atoms with E-state index in [0.29, 0.717) is 38.8 Å². The van der Waals surface area contributed by atoms with Gasteiger partial charge in [-0.15, -0.1) is 0 Å². The lowest BCUT2D eigenvalue weighted by molar-refractivity contribution is -0.385. The Bertz CT molecular complexity index is 683. The number of para-hydroxylation sites is 2. The Kier molecular flexibility index (Phi) is 5.67. The molecule has 140 valence electrons. The second kappa shape index (κ2) is 8.13. The molecule has 2 amide bonds. The molecule has 1 aliphatic heterocycles. The van der Waals surface area contributed by atoms with Gasteiger partial charge >= 0.3 is 5.69 Å². The normalized spacial score (nSPS) is 17.6. The predicted molar refractivity (Wildman–Crippen MR) is 92.8 cm³/mol. The van der Waals surface area contributed by atoms with E-state index in [0.717, 1.165) is 12.8 Å². The molecule has 1 aromatic carbocycles. The molecule has 1 aliphatic carbocycles. The number of nitrogens with one attached hydrogen (secondary N) is 1. The largest absolute Gasteiger partial charge is 0.477 e. The molecule has 9 nitrogen and oxygen atoms in total. The van der Waals surface area contributed by atoms with Gasteiger partial charge in [0.1, 0.15) is 0 Å². The van der Waals surface area contributed by atoms with E-state index in [2.05, 4.69) is 5.32 Å². The minimum absolute atomic E-state index is 0.0343. The first-order valence-corrected chi connectivity index (χ1v) is 8.68. The number of piperazine rings is 1. The van der Waals surface area contributed by atoms with Crippen LogP contribution in [0.25, 0.3) is 0 Å². The molecule has 2 fully saturated rings. The minimum atomic E-state index is -0.536. The highest BCUT2D eigenvalue weighted by molar-refractivity contribution is 5.79. The van der Waals surface area contributed by atoms with Crippen LogP contribution in [0.1, 0.15) is 12.8 Å². The van der Waals surface area contributed by atoms with Gasteiger partial charge in [0.05, 0.1) is 11.5 Å². The molecule has 3 rings (SSSR count). The van der Waals surface area contributed by atoms with Gasteiger partial charge in [0.2, 0.25) is 5.91 Å². The third-order valence-corrected chi connectivity index (χ3v) is 4.45. The fourth-order valence-corrected chi connectivity index (χ4v) is 2.82. The molecule has 0 unspecified atom stereocenters. The van der Waals surface area contributed by atoms with Crippen molar-refractivity contribution in [2.24, 2.45) is 0 Å². The summed E-state index contributed by atoms with van der Waals surface area (Å²) in [6.45, 7) is 2.37. The molecule has 0 aromatic heterocycles. The Morgan fingerprint density at radius 2 is 1.88 bits per heavy atom. The maximum Gasteiger partial charge on any atom is 0.310 e. The molecule has 1 saturated carbocycles. The Morgan fingerprint density at radius 1 is 1.19 bits per heavy atom. The second-order valence-electron chi connectivity index (χ2n) is 6.51. The number of hydrogen-bond acceptors (Lipinski definition) is 6. The van der Waals surface area contributed by atoms with E-state index >= 15 is 0 Å². The number of nitrogens with zero attached hydrogens (tertiary/aromatic N) is 3. The number of benzene rings is 1. The summed E-state index contributed by atoms with van der Waals surface area (Å²) < 4.78 is 5.34. The number of nitro benzene ring substituents is 1. The highest BCUT2D eigenvalue weighted by atomic mass is 16.6. The van der Waals surface area contributed by atoms with Gasteiger partial charge in [0, 0.05) is 38.3 Å². The number of carbonyl (C=O) groups is 2. The number of hydrogen-bond donors (Lipinski definition) is 1. The first-order chi connectivity index (χ1) is 12.5. The predicted octanol–water partition coefficient (Wildman–Crippen LogP) is 0.396. The van der Waals surface area contributed by atoms with Crippen molar-refractivity contribution in [2.45, 2.75) is 18.9 Å². The number of amides is 2. The fourth-order valence-electron chi connectivity index (χ4n) is 2.82. The number of rotatable bonds is 7. The van der Waals surface area contributed by atoms with E-state index in [1.165, 1.54) is 12.1 Å². The first kappa shape index (κ1) is 18.1. The van der Waals surface area contributed by atoms with Crippen LogP contribution in [0, 0.1) is 10.1 Å². The van der Waals surface area contributed by atoms with Crippen LogP contribution in [-0.4, -0.2) is 71.9 Å². The Labute approximate surface area is 151 Å². The van der Waals surface area contributed by atoms with Crippen molar-refractivity contribution < 1.29 is 19.2 Å². The van der Waals surface area contributed by atoms with Gasteiger partial charge < -0.3 is 15.0 Å². The molecular weight excluding hydrogens is 340 g/mol. The fraction of sp³-hybridized carbons (Fsp3) is 0.529. The molecule has 1 aromatic rings. The Morgan fingerprint density at radius 3 is 2.54 bits per heavy atom. The molecule has 1 heterocycles. The van der Waals surface area contributed by atoms with Crippen molar-refractivity contribution in [3.05, 3.63) is 34.4 Å². The van der Waals surface area contributed by atoms with E-state index < -0.39 is 4.92 Å². The standard InChI is InChI=1S/C17H22N4O5/c22-16(18-13-5-6-13)11-19-7-9-20(10-8-19)17(23)12-26-15-4-2-1-3-14(15)21(24)25/h1-4,13H,5-12H2,(H,18,22). The summed E-state index contributed by atoms with van der Waals surface area (Å²) in [6, 6.07) is 6.33. The molecule has 0 bridgehead atoms. The molecule has 26 heavy (non-hydrogen) atoms. The lowest BCUT2D eigenvalue weighted by Gasteiger charge is -2.34. The third kappa shape index (κ3) is 4.92.